The lowest BCUT2D eigenvalue weighted by molar-refractivity contribution is 0.289. The van der Waals surface area contributed by atoms with Gasteiger partial charge in [0.15, 0.2) is 0 Å². The summed E-state index contributed by atoms with van der Waals surface area (Å²) in [6.07, 6.45) is 5.14. The molecule has 0 atom stereocenters. The molecule has 0 saturated carbocycles. The Bertz CT molecular complexity index is 699. The topological polar surface area (TPSA) is 87.2 Å². The van der Waals surface area contributed by atoms with Gasteiger partial charge in [-0.3, -0.25) is 0 Å². The minimum Gasteiger partial charge on any atom is -0.490 e. The van der Waals surface area contributed by atoms with Gasteiger partial charge in [-0.2, -0.15) is 0 Å². The molecular formula is C12H14BrN3O3S. The fraction of sp³-hybridized carbons (Fsp3) is 0.250. The first kappa shape index (κ1) is 15.0. The van der Waals surface area contributed by atoms with Gasteiger partial charge in [-0.05, 0) is 24.6 Å². The van der Waals surface area contributed by atoms with Crippen molar-refractivity contribution < 1.29 is 13.2 Å². The third-order valence-electron chi connectivity index (χ3n) is 2.67. The lowest BCUT2D eigenvalue weighted by Crippen LogP contribution is -2.16. The predicted octanol–water partition coefficient (Wildman–Crippen LogP) is 1.68. The molecule has 2 rings (SSSR count). The fourth-order valence-electron chi connectivity index (χ4n) is 1.77. The standard InChI is InChI=1S/C12H14BrN3O3S/c1-9-6-10(13)7-11(20(14,17)18)12(9)19-5-4-16-3-2-15-8-16/h2-3,6-8H,4-5H2,1H3,(H2,14,17,18). The van der Waals surface area contributed by atoms with E-state index < -0.39 is 10.0 Å². The molecule has 0 fully saturated rings. The number of ether oxygens (including phenoxy) is 1. The van der Waals surface area contributed by atoms with E-state index in [0.29, 0.717) is 23.2 Å². The van der Waals surface area contributed by atoms with Gasteiger partial charge >= 0.3 is 0 Å². The van der Waals surface area contributed by atoms with Crippen molar-refractivity contribution in [3.8, 4) is 5.75 Å². The number of nitrogens with zero attached hydrogens (tertiary/aromatic N) is 2. The number of sulfonamides is 1. The fourth-order valence-corrected chi connectivity index (χ4v) is 3.26. The number of primary sulfonamides is 1. The van der Waals surface area contributed by atoms with E-state index in [1.165, 1.54) is 6.07 Å². The van der Waals surface area contributed by atoms with Crippen LogP contribution in [0.3, 0.4) is 0 Å². The highest BCUT2D eigenvalue weighted by molar-refractivity contribution is 9.10. The molecule has 8 heteroatoms. The largest absolute Gasteiger partial charge is 0.490 e. The molecule has 0 unspecified atom stereocenters. The quantitative estimate of drug-likeness (QED) is 0.879. The van der Waals surface area contributed by atoms with Crippen LogP contribution in [0.15, 0.2) is 40.2 Å². The number of aryl methyl sites for hydroxylation is 1. The van der Waals surface area contributed by atoms with Gasteiger partial charge in [0, 0.05) is 16.9 Å². The number of rotatable bonds is 5. The average molecular weight is 360 g/mol. The molecule has 0 bridgehead atoms. The van der Waals surface area contributed by atoms with Gasteiger partial charge in [0.2, 0.25) is 10.0 Å². The van der Waals surface area contributed by atoms with Crippen molar-refractivity contribution in [2.24, 2.45) is 5.14 Å². The smallest absolute Gasteiger partial charge is 0.241 e. The second-order valence-corrected chi connectivity index (χ2v) is 6.69. The van der Waals surface area contributed by atoms with Crippen LogP contribution in [0.4, 0.5) is 0 Å². The van der Waals surface area contributed by atoms with Crippen molar-refractivity contribution in [3.63, 3.8) is 0 Å². The molecule has 1 aromatic carbocycles. The molecule has 108 valence electrons. The Hall–Kier alpha value is -1.38. The summed E-state index contributed by atoms with van der Waals surface area (Å²) in [6.45, 7) is 2.66. The van der Waals surface area contributed by atoms with E-state index in [1.54, 1.807) is 31.7 Å². The van der Waals surface area contributed by atoms with Crippen LogP contribution >= 0.6 is 15.9 Å². The summed E-state index contributed by atoms with van der Waals surface area (Å²) in [4.78, 5) is 3.90. The number of imidazole rings is 1. The van der Waals surface area contributed by atoms with E-state index in [-0.39, 0.29) is 10.6 Å². The summed E-state index contributed by atoms with van der Waals surface area (Å²) in [5, 5.41) is 5.22. The predicted molar refractivity (Wildman–Crippen MR) is 78.0 cm³/mol. The first-order valence-corrected chi connectivity index (χ1v) is 8.13. The molecule has 0 radical (unpaired) electrons. The normalized spacial score (nSPS) is 11.6. The number of aromatic nitrogens is 2. The Balaban J connectivity index is 2.22. The zero-order valence-electron chi connectivity index (χ0n) is 10.8. The lowest BCUT2D eigenvalue weighted by atomic mass is 10.2. The monoisotopic (exact) mass is 359 g/mol. The maximum absolute atomic E-state index is 11.6. The first-order valence-electron chi connectivity index (χ1n) is 5.79. The Labute approximate surface area is 125 Å². The third kappa shape index (κ3) is 3.59. The molecule has 0 aliphatic rings. The van der Waals surface area contributed by atoms with Crippen molar-refractivity contribution in [3.05, 3.63) is 40.9 Å². The van der Waals surface area contributed by atoms with Crippen LogP contribution in [0.2, 0.25) is 0 Å². The van der Waals surface area contributed by atoms with Crippen molar-refractivity contribution in [2.75, 3.05) is 6.61 Å². The summed E-state index contributed by atoms with van der Waals surface area (Å²) in [6, 6.07) is 3.22. The molecule has 0 aliphatic heterocycles. The summed E-state index contributed by atoms with van der Waals surface area (Å²) in [5.41, 5.74) is 0.703. The summed E-state index contributed by atoms with van der Waals surface area (Å²) in [7, 11) is -3.84. The molecule has 1 heterocycles. The molecule has 20 heavy (non-hydrogen) atoms. The van der Waals surface area contributed by atoms with Crippen LogP contribution in [0.25, 0.3) is 0 Å². The van der Waals surface area contributed by atoms with Crippen molar-refractivity contribution in [1.82, 2.24) is 9.55 Å². The summed E-state index contributed by atoms with van der Waals surface area (Å²) in [5.74, 6) is 0.288. The van der Waals surface area contributed by atoms with E-state index in [9.17, 15) is 8.42 Å². The zero-order valence-corrected chi connectivity index (χ0v) is 13.2. The molecule has 6 nitrogen and oxygen atoms in total. The second-order valence-electron chi connectivity index (χ2n) is 4.24. The van der Waals surface area contributed by atoms with Crippen molar-refractivity contribution in [1.29, 1.82) is 0 Å². The van der Waals surface area contributed by atoms with Crippen LogP contribution in [-0.4, -0.2) is 24.6 Å². The van der Waals surface area contributed by atoms with Gasteiger partial charge in [0.05, 0.1) is 12.9 Å². The molecule has 0 spiro atoms. The molecule has 2 N–H and O–H groups in total. The lowest BCUT2D eigenvalue weighted by Gasteiger charge is -2.14. The minimum atomic E-state index is -3.84. The molecule has 0 saturated heterocycles. The van der Waals surface area contributed by atoms with Crippen LogP contribution in [0.5, 0.6) is 5.75 Å². The van der Waals surface area contributed by atoms with Gasteiger partial charge in [-0.1, -0.05) is 15.9 Å². The maximum Gasteiger partial charge on any atom is 0.241 e. The van der Waals surface area contributed by atoms with Gasteiger partial charge in [0.1, 0.15) is 17.3 Å². The third-order valence-corrected chi connectivity index (χ3v) is 4.04. The van der Waals surface area contributed by atoms with Crippen LogP contribution in [0, 0.1) is 6.92 Å². The molecule has 0 amide bonds. The Morgan fingerprint density at radius 3 is 2.80 bits per heavy atom. The average Bonchev–Trinajstić information content (AvgIpc) is 2.83. The van der Waals surface area contributed by atoms with Gasteiger partial charge in [0.25, 0.3) is 0 Å². The van der Waals surface area contributed by atoms with Gasteiger partial charge < -0.3 is 9.30 Å². The van der Waals surface area contributed by atoms with Crippen molar-refractivity contribution >= 4 is 26.0 Å². The van der Waals surface area contributed by atoms with Crippen LogP contribution in [0.1, 0.15) is 5.56 Å². The second kappa shape index (κ2) is 5.94. The maximum atomic E-state index is 11.6. The molecule has 2 aromatic rings. The highest BCUT2D eigenvalue weighted by atomic mass is 79.9. The first-order chi connectivity index (χ1) is 9.38. The highest BCUT2D eigenvalue weighted by Crippen LogP contribution is 2.30. The van der Waals surface area contributed by atoms with E-state index in [2.05, 4.69) is 20.9 Å². The van der Waals surface area contributed by atoms with E-state index in [1.807, 2.05) is 4.57 Å². The minimum absolute atomic E-state index is 0.0185. The summed E-state index contributed by atoms with van der Waals surface area (Å²) < 4.78 is 31.3. The highest BCUT2D eigenvalue weighted by Gasteiger charge is 2.18. The van der Waals surface area contributed by atoms with Crippen LogP contribution < -0.4 is 9.88 Å². The van der Waals surface area contributed by atoms with Gasteiger partial charge in [-0.15, -0.1) is 0 Å². The number of hydrogen-bond donors (Lipinski definition) is 1. The Kier molecular flexibility index (Phi) is 4.46. The number of halogens is 1. The molecule has 1 aromatic heterocycles. The molecule has 0 aliphatic carbocycles. The van der Waals surface area contributed by atoms with E-state index in [4.69, 9.17) is 9.88 Å². The van der Waals surface area contributed by atoms with Gasteiger partial charge in [-0.25, -0.2) is 18.5 Å². The van der Waals surface area contributed by atoms with E-state index in [0.717, 1.165) is 0 Å². The zero-order chi connectivity index (χ0) is 14.8. The molecular weight excluding hydrogens is 346 g/mol. The number of benzene rings is 1. The number of nitrogens with two attached hydrogens (primary N) is 1. The summed E-state index contributed by atoms with van der Waals surface area (Å²) >= 11 is 3.25. The van der Waals surface area contributed by atoms with Crippen molar-refractivity contribution in [2.45, 2.75) is 18.4 Å². The van der Waals surface area contributed by atoms with Crippen LogP contribution in [-0.2, 0) is 16.6 Å². The van der Waals surface area contributed by atoms with E-state index >= 15 is 0 Å². The Morgan fingerprint density at radius 2 is 2.20 bits per heavy atom. The SMILES string of the molecule is Cc1cc(Br)cc(S(N)(=O)=O)c1OCCn1ccnc1. The Morgan fingerprint density at radius 1 is 1.45 bits per heavy atom. The number of hydrogen-bond acceptors (Lipinski definition) is 4.